The zero-order valence-electron chi connectivity index (χ0n) is 8.46. The molecule has 12 heavy (non-hydrogen) atoms. The average Bonchev–Trinajstić information content (AvgIpc) is 1.97. The van der Waals surface area contributed by atoms with Crippen LogP contribution in [0.25, 0.3) is 0 Å². The van der Waals surface area contributed by atoms with E-state index in [1.807, 2.05) is 27.9 Å². The largest absolute Gasteiger partial charge is 0.465 e. The maximum atomic E-state index is 11.0. The Kier molecular flexibility index (Phi) is 5.72. The van der Waals surface area contributed by atoms with Crippen LogP contribution in [0.2, 0.25) is 0 Å². The smallest absolute Gasteiger partial charge is 0.308 e. The number of hydrogen-bond donors (Lipinski definition) is 0. The van der Waals surface area contributed by atoms with Gasteiger partial charge in [0.15, 0.2) is 0 Å². The van der Waals surface area contributed by atoms with Crippen molar-refractivity contribution in [3.05, 3.63) is 0 Å². The van der Waals surface area contributed by atoms with Gasteiger partial charge in [0.25, 0.3) is 0 Å². The fourth-order valence-electron chi connectivity index (χ4n) is 0.720. The zero-order valence-corrected chi connectivity index (χ0v) is 8.46. The highest BCUT2D eigenvalue weighted by atomic mass is 16.5. The summed E-state index contributed by atoms with van der Waals surface area (Å²) in [7, 11) is 4.01. The van der Waals surface area contributed by atoms with Gasteiger partial charge >= 0.3 is 5.97 Å². The first-order valence-electron chi connectivity index (χ1n) is 4.35. The van der Waals surface area contributed by atoms with Crippen LogP contribution in [0, 0.1) is 5.92 Å². The summed E-state index contributed by atoms with van der Waals surface area (Å²) in [4.78, 5) is 13.0. The predicted octanol–water partition coefficient (Wildman–Crippen LogP) is 1.14. The van der Waals surface area contributed by atoms with Crippen molar-refractivity contribution in [3.8, 4) is 0 Å². The summed E-state index contributed by atoms with van der Waals surface area (Å²) in [5, 5.41) is 0. The van der Waals surface area contributed by atoms with Crippen molar-refractivity contribution < 1.29 is 9.53 Å². The Morgan fingerprint density at radius 2 is 2.00 bits per heavy atom. The summed E-state index contributed by atoms with van der Waals surface area (Å²) < 4.78 is 4.99. The second kappa shape index (κ2) is 6.00. The Hall–Kier alpha value is -0.570. The maximum absolute atomic E-state index is 11.0. The molecule has 0 saturated heterocycles. The standard InChI is InChI=1S/C9H19NO2/c1-8(2)9(11)12-7-5-6-10(3)4/h8H,5-7H2,1-4H3. The molecule has 0 aromatic carbocycles. The Morgan fingerprint density at radius 3 is 2.42 bits per heavy atom. The Bertz CT molecular complexity index is 132. The van der Waals surface area contributed by atoms with Crippen molar-refractivity contribution in [2.75, 3.05) is 27.2 Å². The zero-order chi connectivity index (χ0) is 9.56. The molecule has 0 atom stereocenters. The van der Waals surface area contributed by atoms with E-state index in [0.717, 1.165) is 13.0 Å². The third-order valence-electron chi connectivity index (χ3n) is 1.47. The van der Waals surface area contributed by atoms with Crippen LogP contribution in [-0.4, -0.2) is 38.1 Å². The number of carbonyl (C=O) groups excluding carboxylic acids is 1. The summed E-state index contributed by atoms with van der Waals surface area (Å²) in [5.41, 5.74) is 0. The molecule has 0 rings (SSSR count). The van der Waals surface area contributed by atoms with E-state index in [1.54, 1.807) is 0 Å². The highest BCUT2D eigenvalue weighted by Crippen LogP contribution is 1.96. The molecule has 3 nitrogen and oxygen atoms in total. The minimum Gasteiger partial charge on any atom is -0.465 e. The van der Waals surface area contributed by atoms with Crippen LogP contribution in [0.3, 0.4) is 0 Å². The Labute approximate surface area is 74.7 Å². The van der Waals surface area contributed by atoms with Crippen molar-refractivity contribution in [1.29, 1.82) is 0 Å². The normalized spacial score (nSPS) is 10.8. The van der Waals surface area contributed by atoms with Crippen LogP contribution in [-0.2, 0) is 9.53 Å². The maximum Gasteiger partial charge on any atom is 0.308 e. The number of rotatable bonds is 5. The highest BCUT2D eigenvalue weighted by Gasteiger charge is 2.06. The van der Waals surface area contributed by atoms with Crippen LogP contribution in [0.1, 0.15) is 20.3 Å². The van der Waals surface area contributed by atoms with E-state index in [0.29, 0.717) is 6.61 Å². The molecule has 0 aliphatic carbocycles. The number of hydrogen-bond acceptors (Lipinski definition) is 3. The van der Waals surface area contributed by atoms with E-state index < -0.39 is 0 Å². The van der Waals surface area contributed by atoms with Crippen molar-refractivity contribution in [2.45, 2.75) is 20.3 Å². The third kappa shape index (κ3) is 6.16. The van der Waals surface area contributed by atoms with E-state index in [4.69, 9.17) is 4.74 Å². The van der Waals surface area contributed by atoms with E-state index in [2.05, 4.69) is 4.90 Å². The molecule has 0 aromatic rings. The number of carbonyl (C=O) groups is 1. The Balaban J connectivity index is 3.26. The van der Waals surface area contributed by atoms with Gasteiger partial charge in [-0.05, 0) is 20.5 Å². The lowest BCUT2D eigenvalue weighted by atomic mass is 10.2. The van der Waals surface area contributed by atoms with Gasteiger partial charge in [-0.1, -0.05) is 13.8 Å². The fraction of sp³-hybridized carbons (Fsp3) is 0.889. The van der Waals surface area contributed by atoms with Crippen molar-refractivity contribution >= 4 is 5.97 Å². The van der Waals surface area contributed by atoms with Gasteiger partial charge < -0.3 is 9.64 Å². The molecule has 0 N–H and O–H groups in total. The van der Waals surface area contributed by atoms with Crippen LogP contribution >= 0.6 is 0 Å². The molecule has 3 heteroatoms. The first-order chi connectivity index (χ1) is 5.54. The topological polar surface area (TPSA) is 29.5 Å². The van der Waals surface area contributed by atoms with Crippen LogP contribution in [0.15, 0.2) is 0 Å². The molecule has 0 amide bonds. The molecule has 0 spiro atoms. The van der Waals surface area contributed by atoms with E-state index in [-0.39, 0.29) is 11.9 Å². The molecule has 0 radical (unpaired) electrons. The molecular formula is C9H19NO2. The first kappa shape index (κ1) is 11.4. The van der Waals surface area contributed by atoms with Gasteiger partial charge in [0.05, 0.1) is 12.5 Å². The van der Waals surface area contributed by atoms with Gasteiger partial charge in [-0.3, -0.25) is 4.79 Å². The van der Waals surface area contributed by atoms with Gasteiger partial charge in [-0.25, -0.2) is 0 Å². The SMILES string of the molecule is CC(C)C(=O)OCCCN(C)C. The summed E-state index contributed by atoms with van der Waals surface area (Å²) in [6.07, 6.45) is 0.908. The van der Waals surface area contributed by atoms with E-state index in [9.17, 15) is 4.79 Å². The van der Waals surface area contributed by atoms with Crippen molar-refractivity contribution in [2.24, 2.45) is 5.92 Å². The van der Waals surface area contributed by atoms with Gasteiger partial charge in [0.2, 0.25) is 0 Å². The number of esters is 1. The minimum absolute atomic E-state index is 0.00986. The molecule has 0 saturated carbocycles. The number of nitrogens with zero attached hydrogens (tertiary/aromatic N) is 1. The second-order valence-corrected chi connectivity index (χ2v) is 3.48. The lowest BCUT2D eigenvalue weighted by Gasteiger charge is -2.10. The second-order valence-electron chi connectivity index (χ2n) is 3.48. The van der Waals surface area contributed by atoms with E-state index in [1.165, 1.54) is 0 Å². The molecule has 0 unspecified atom stereocenters. The summed E-state index contributed by atoms with van der Waals surface area (Å²) >= 11 is 0. The molecule has 0 aliphatic rings. The van der Waals surface area contributed by atoms with E-state index >= 15 is 0 Å². The number of ether oxygens (including phenoxy) is 1. The Morgan fingerprint density at radius 1 is 1.42 bits per heavy atom. The van der Waals surface area contributed by atoms with Crippen LogP contribution in [0.4, 0.5) is 0 Å². The summed E-state index contributed by atoms with van der Waals surface area (Å²) in [6, 6.07) is 0. The van der Waals surface area contributed by atoms with Crippen LogP contribution in [0.5, 0.6) is 0 Å². The summed E-state index contributed by atoms with van der Waals surface area (Å²) in [6.45, 7) is 5.18. The first-order valence-corrected chi connectivity index (χ1v) is 4.35. The molecule has 0 aromatic heterocycles. The highest BCUT2D eigenvalue weighted by molar-refractivity contribution is 5.71. The molecule has 0 bridgehead atoms. The van der Waals surface area contributed by atoms with Gasteiger partial charge in [-0.15, -0.1) is 0 Å². The van der Waals surface area contributed by atoms with Gasteiger partial charge in [0.1, 0.15) is 0 Å². The van der Waals surface area contributed by atoms with Gasteiger partial charge in [0, 0.05) is 6.54 Å². The molecular weight excluding hydrogens is 154 g/mol. The summed E-state index contributed by atoms with van der Waals surface area (Å²) in [5.74, 6) is -0.113. The molecule has 72 valence electrons. The molecule has 0 heterocycles. The predicted molar refractivity (Wildman–Crippen MR) is 49.0 cm³/mol. The minimum atomic E-state index is -0.103. The van der Waals surface area contributed by atoms with Crippen molar-refractivity contribution in [1.82, 2.24) is 4.90 Å². The third-order valence-corrected chi connectivity index (χ3v) is 1.47. The van der Waals surface area contributed by atoms with Gasteiger partial charge in [-0.2, -0.15) is 0 Å². The molecule has 0 fully saturated rings. The quantitative estimate of drug-likeness (QED) is 0.461. The molecule has 0 aliphatic heterocycles. The van der Waals surface area contributed by atoms with Crippen molar-refractivity contribution in [3.63, 3.8) is 0 Å². The fourth-order valence-corrected chi connectivity index (χ4v) is 0.720. The van der Waals surface area contributed by atoms with Crippen LogP contribution < -0.4 is 0 Å². The lowest BCUT2D eigenvalue weighted by molar-refractivity contribution is -0.147. The average molecular weight is 173 g/mol. The lowest BCUT2D eigenvalue weighted by Crippen LogP contribution is -2.17. The monoisotopic (exact) mass is 173 g/mol.